The molecule has 1 aliphatic rings. The van der Waals surface area contributed by atoms with Crippen molar-refractivity contribution in [3.05, 3.63) is 29.8 Å². The van der Waals surface area contributed by atoms with Gasteiger partial charge in [-0.1, -0.05) is 0 Å². The van der Waals surface area contributed by atoms with Crippen molar-refractivity contribution >= 4 is 5.97 Å². The normalized spacial score (nSPS) is 22.8. The lowest BCUT2D eigenvalue weighted by Crippen LogP contribution is -2.28. The fourth-order valence-electron chi connectivity index (χ4n) is 1.93. The highest BCUT2D eigenvalue weighted by molar-refractivity contribution is 5.89. The van der Waals surface area contributed by atoms with Gasteiger partial charge in [-0.25, -0.2) is 4.79 Å². The third kappa shape index (κ3) is 3.21. The minimum atomic E-state index is -0.359. The molecule has 2 N–H and O–H groups in total. The maximum atomic E-state index is 11.2. The minimum absolute atomic E-state index is 0.181. The Morgan fingerprint density at radius 1 is 1.44 bits per heavy atom. The van der Waals surface area contributed by atoms with Crippen LogP contribution in [0.2, 0.25) is 0 Å². The van der Waals surface area contributed by atoms with Crippen molar-refractivity contribution in [2.75, 3.05) is 20.3 Å². The van der Waals surface area contributed by atoms with E-state index in [0.29, 0.717) is 30.9 Å². The second-order valence-corrected chi connectivity index (χ2v) is 4.32. The zero-order chi connectivity index (χ0) is 13.0. The van der Waals surface area contributed by atoms with E-state index >= 15 is 0 Å². The first-order valence-electron chi connectivity index (χ1n) is 5.91. The summed E-state index contributed by atoms with van der Waals surface area (Å²) in [5.41, 5.74) is 0.499. The van der Waals surface area contributed by atoms with Gasteiger partial charge in [-0.15, -0.1) is 0 Å². The van der Waals surface area contributed by atoms with E-state index in [2.05, 4.69) is 10.1 Å². The Labute approximate surface area is 106 Å². The van der Waals surface area contributed by atoms with Crippen LogP contribution in [0, 0.1) is 0 Å². The van der Waals surface area contributed by atoms with Crippen molar-refractivity contribution in [2.24, 2.45) is 0 Å². The molecule has 1 unspecified atom stereocenters. The van der Waals surface area contributed by atoms with E-state index in [-0.39, 0.29) is 18.1 Å². The number of rotatable bonds is 4. The van der Waals surface area contributed by atoms with E-state index in [1.54, 1.807) is 24.3 Å². The molecule has 1 heterocycles. The number of aliphatic hydroxyl groups is 1. The molecule has 0 amide bonds. The van der Waals surface area contributed by atoms with Crippen LogP contribution in [0.5, 0.6) is 5.75 Å². The van der Waals surface area contributed by atoms with Crippen LogP contribution < -0.4 is 10.1 Å². The lowest BCUT2D eigenvalue weighted by molar-refractivity contribution is 0.0600. The van der Waals surface area contributed by atoms with Crippen molar-refractivity contribution in [3.63, 3.8) is 0 Å². The topological polar surface area (TPSA) is 67.8 Å². The fourth-order valence-corrected chi connectivity index (χ4v) is 1.93. The van der Waals surface area contributed by atoms with Gasteiger partial charge in [-0.2, -0.15) is 0 Å². The standard InChI is InChI=1S/C13H17NO4/c1-17-13(16)9-2-4-12(5-3-9)18-8-10-6-11(15)7-14-10/h2-5,10-11,14-15H,6-8H2,1H3/t10?,11-/m0/s1. The predicted molar refractivity (Wildman–Crippen MR) is 65.7 cm³/mol. The van der Waals surface area contributed by atoms with Gasteiger partial charge in [0.25, 0.3) is 0 Å². The molecule has 0 radical (unpaired) electrons. The lowest BCUT2D eigenvalue weighted by Gasteiger charge is -2.12. The van der Waals surface area contributed by atoms with Gasteiger partial charge in [-0.3, -0.25) is 0 Å². The van der Waals surface area contributed by atoms with E-state index < -0.39 is 0 Å². The Bertz CT molecular complexity index is 404. The van der Waals surface area contributed by atoms with E-state index in [1.807, 2.05) is 0 Å². The average molecular weight is 251 g/mol. The van der Waals surface area contributed by atoms with Crippen molar-refractivity contribution in [2.45, 2.75) is 18.6 Å². The molecule has 1 fully saturated rings. The van der Waals surface area contributed by atoms with E-state index in [0.717, 1.165) is 0 Å². The Balaban J connectivity index is 1.85. The summed E-state index contributed by atoms with van der Waals surface area (Å²) in [7, 11) is 1.35. The smallest absolute Gasteiger partial charge is 0.337 e. The fraction of sp³-hybridized carbons (Fsp3) is 0.462. The summed E-state index contributed by atoms with van der Waals surface area (Å²) in [5, 5.41) is 12.5. The van der Waals surface area contributed by atoms with Crippen molar-refractivity contribution in [1.29, 1.82) is 0 Å². The molecule has 0 aromatic heterocycles. The molecule has 1 aromatic rings. The molecule has 98 valence electrons. The minimum Gasteiger partial charge on any atom is -0.492 e. The summed E-state index contributed by atoms with van der Waals surface area (Å²) < 4.78 is 10.2. The molecule has 2 rings (SSSR count). The molecule has 2 atom stereocenters. The molecule has 0 aliphatic carbocycles. The highest BCUT2D eigenvalue weighted by Gasteiger charge is 2.22. The first-order chi connectivity index (χ1) is 8.69. The number of benzene rings is 1. The Morgan fingerprint density at radius 2 is 2.17 bits per heavy atom. The summed E-state index contributed by atoms with van der Waals surface area (Å²) in [6.45, 7) is 1.13. The lowest BCUT2D eigenvalue weighted by atomic mass is 10.2. The quantitative estimate of drug-likeness (QED) is 0.766. The number of hydrogen-bond donors (Lipinski definition) is 2. The van der Waals surface area contributed by atoms with Crippen LogP contribution >= 0.6 is 0 Å². The molecular weight excluding hydrogens is 234 g/mol. The Hall–Kier alpha value is -1.59. The van der Waals surface area contributed by atoms with Crippen molar-refractivity contribution < 1.29 is 19.4 Å². The van der Waals surface area contributed by atoms with Crippen LogP contribution in [0.4, 0.5) is 0 Å². The van der Waals surface area contributed by atoms with Gasteiger partial charge < -0.3 is 19.9 Å². The van der Waals surface area contributed by atoms with Crippen molar-refractivity contribution in [1.82, 2.24) is 5.32 Å². The molecule has 0 spiro atoms. The second kappa shape index (κ2) is 5.84. The molecule has 5 nitrogen and oxygen atoms in total. The first kappa shape index (κ1) is 12.9. The number of aliphatic hydroxyl groups excluding tert-OH is 1. The number of hydrogen-bond acceptors (Lipinski definition) is 5. The van der Waals surface area contributed by atoms with Crippen LogP contribution in [0.1, 0.15) is 16.8 Å². The number of ether oxygens (including phenoxy) is 2. The zero-order valence-electron chi connectivity index (χ0n) is 10.3. The monoisotopic (exact) mass is 251 g/mol. The average Bonchev–Trinajstić information content (AvgIpc) is 2.82. The first-order valence-corrected chi connectivity index (χ1v) is 5.91. The van der Waals surface area contributed by atoms with Gasteiger partial charge in [0.15, 0.2) is 0 Å². The van der Waals surface area contributed by atoms with Gasteiger partial charge in [0, 0.05) is 12.6 Å². The van der Waals surface area contributed by atoms with Gasteiger partial charge >= 0.3 is 5.97 Å². The van der Waals surface area contributed by atoms with Crippen LogP contribution in [0.15, 0.2) is 24.3 Å². The van der Waals surface area contributed by atoms with Crippen LogP contribution in [0.3, 0.4) is 0 Å². The van der Waals surface area contributed by atoms with Crippen LogP contribution in [-0.4, -0.2) is 43.5 Å². The highest BCUT2D eigenvalue weighted by Crippen LogP contribution is 2.14. The maximum Gasteiger partial charge on any atom is 0.337 e. The van der Waals surface area contributed by atoms with Crippen LogP contribution in [-0.2, 0) is 4.74 Å². The van der Waals surface area contributed by atoms with E-state index in [4.69, 9.17) is 4.74 Å². The summed E-state index contributed by atoms with van der Waals surface area (Å²) in [6, 6.07) is 6.98. The number of carbonyl (C=O) groups is 1. The number of carbonyl (C=O) groups excluding carboxylic acids is 1. The summed E-state index contributed by atoms with van der Waals surface area (Å²) >= 11 is 0. The molecule has 1 aromatic carbocycles. The zero-order valence-corrected chi connectivity index (χ0v) is 10.3. The second-order valence-electron chi connectivity index (χ2n) is 4.32. The number of methoxy groups -OCH3 is 1. The van der Waals surface area contributed by atoms with Gasteiger partial charge in [0.1, 0.15) is 12.4 Å². The Kier molecular flexibility index (Phi) is 4.17. The van der Waals surface area contributed by atoms with E-state index in [9.17, 15) is 9.90 Å². The molecule has 1 saturated heterocycles. The number of esters is 1. The van der Waals surface area contributed by atoms with E-state index in [1.165, 1.54) is 7.11 Å². The molecule has 1 aliphatic heterocycles. The van der Waals surface area contributed by atoms with Gasteiger partial charge in [0.05, 0.1) is 18.8 Å². The Morgan fingerprint density at radius 3 is 2.72 bits per heavy atom. The summed E-state index contributed by atoms with van der Waals surface area (Å²) in [5.74, 6) is 0.341. The SMILES string of the molecule is COC(=O)c1ccc(OCC2C[C@H](O)CN2)cc1. The third-order valence-electron chi connectivity index (χ3n) is 2.93. The van der Waals surface area contributed by atoms with Crippen LogP contribution in [0.25, 0.3) is 0 Å². The number of nitrogens with one attached hydrogen (secondary N) is 1. The molecule has 18 heavy (non-hydrogen) atoms. The number of β-amino-alcohol motifs (C(OH)–C–C–N with tert-alkyl or cyclic N) is 1. The summed E-state index contributed by atoms with van der Waals surface area (Å²) in [4.78, 5) is 11.2. The molecule has 0 saturated carbocycles. The molecule has 0 bridgehead atoms. The molecule has 5 heteroatoms. The predicted octanol–water partition coefficient (Wildman–Crippen LogP) is 0.575. The van der Waals surface area contributed by atoms with Gasteiger partial charge in [0.2, 0.25) is 0 Å². The highest BCUT2D eigenvalue weighted by atomic mass is 16.5. The van der Waals surface area contributed by atoms with Crippen molar-refractivity contribution in [3.8, 4) is 5.75 Å². The molecular formula is C13H17NO4. The maximum absolute atomic E-state index is 11.2. The summed E-state index contributed by atoms with van der Waals surface area (Å²) in [6.07, 6.45) is 0.431. The third-order valence-corrected chi connectivity index (χ3v) is 2.93. The van der Waals surface area contributed by atoms with Gasteiger partial charge in [-0.05, 0) is 30.7 Å². The largest absolute Gasteiger partial charge is 0.492 e.